The van der Waals surface area contributed by atoms with Gasteiger partial charge in [0, 0.05) is 12.0 Å². The number of hydrogen-bond acceptors (Lipinski definition) is 6. The number of carbonyl (C=O) groups is 1. The van der Waals surface area contributed by atoms with Crippen molar-refractivity contribution in [2.24, 2.45) is 5.73 Å². The van der Waals surface area contributed by atoms with Crippen LogP contribution in [0.3, 0.4) is 0 Å². The predicted molar refractivity (Wildman–Crippen MR) is 78.7 cm³/mol. The van der Waals surface area contributed by atoms with E-state index >= 15 is 0 Å². The molecule has 0 saturated heterocycles. The monoisotopic (exact) mass is 300 g/mol. The molecule has 3 rings (SSSR count). The maximum Gasteiger partial charge on any atom is 0.277 e. The molecule has 0 aliphatic heterocycles. The topological polar surface area (TPSA) is 94.9 Å². The highest BCUT2D eigenvalue weighted by molar-refractivity contribution is 7.17. The molecular formula is C14H12N4O2S. The maximum atomic E-state index is 11.4. The normalized spacial score (nSPS) is 10.7. The third-order valence-electron chi connectivity index (χ3n) is 2.86. The smallest absolute Gasteiger partial charge is 0.277 e. The van der Waals surface area contributed by atoms with Crippen molar-refractivity contribution in [3.05, 3.63) is 41.2 Å². The minimum absolute atomic E-state index is 0.222. The Bertz CT molecular complexity index is 779. The van der Waals surface area contributed by atoms with E-state index in [4.69, 9.17) is 10.3 Å². The molecule has 0 aliphatic rings. The molecule has 0 bridgehead atoms. The van der Waals surface area contributed by atoms with E-state index in [9.17, 15) is 4.79 Å². The number of primary amides is 1. The molecule has 0 saturated carbocycles. The highest BCUT2D eigenvalue weighted by Gasteiger charge is 2.21. The third-order valence-corrected chi connectivity index (χ3v) is 3.92. The summed E-state index contributed by atoms with van der Waals surface area (Å²) in [4.78, 5) is 20.7. The van der Waals surface area contributed by atoms with E-state index in [2.05, 4.69) is 15.1 Å². The number of aryl methyl sites for hydroxylation is 1. The Morgan fingerprint density at radius 3 is 2.67 bits per heavy atom. The van der Waals surface area contributed by atoms with Crippen molar-refractivity contribution in [3.63, 3.8) is 0 Å². The van der Waals surface area contributed by atoms with Crippen LogP contribution in [0.15, 0.2) is 34.9 Å². The van der Waals surface area contributed by atoms with Crippen LogP contribution in [-0.2, 0) is 6.42 Å². The molecule has 7 heteroatoms. The molecular weight excluding hydrogens is 288 g/mol. The van der Waals surface area contributed by atoms with Crippen LogP contribution >= 0.6 is 11.3 Å². The van der Waals surface area contributed by atoms with Crippen LogP contribution in [0.2, 0.25) is 0 Å². The lowest BCUT2D eigenvalue weighted by Crippen LogP contribution is -2.10. The van der Waals surface area contributed by atoms with E-state index < -0.39 is 5.91 Å². The molecule has 6 nitrogen and oxygen atoms in total. The first-order valence-electron chi connectivity index (χ1n) is 6.38. The Morgan fingerprint density at radius 1 is 1.29 bits per heavy atom. The number of rotatable bonds is 4. The van der Waals surface area contributed by atoms with Crippen molar-refractivity contribution in [3.8, 4) is 22.0 Å². The largest absolute Gasteiger partial charge is 0.364 e. The van der Waals surface area contributed by atoms with Gasteiger partial charge < -0.3 is 10.3 Å². The van der Waals surface area contributed by atoms with Crippen molar-refractivity contribution in [1.29, 1.82) is 0 Å². The Labute approximate surface area is 124 Å². The van der Waals surface area contributed by atoms with Gasteiger partial charge in [-0.15, -0.1) is 11.3 Å². The molecule has 0 unspecified atom stereocenters. The molecule has 1 aromatic carbocycles. The zero-order valence-electron chi connectivity index (χ0n) is 11.2. The van der Waals surface area contributed by atoms with Gasteiger partial charge in [-0.3, -0.25) is 4.79 Å². The van der Waals surface area contributed by atoms with E-state index in [0.717, 1.165) is 16.9 Å². The first kappa shape index (κ1) is 13.4. The van der Waals surface area contributed by atoms with E-state index in [1.807, 2.05) is 37.3 Å². The summed E-state index contributed by atoms with van der Waals surface area (Å²) in [6, 6.07) is 9.51. The van der Waals surface area contributed by atoms with Crippen LogP contribution in [0.25, 0.3) is 22.0 Å². The van der Waals surface area contributed by atoms with Crippen LogP contribution in [-0.4, -0.2) is 21.0 Å². The Balaban J connectivity index is 2.16. The number of nitrogens with two attached hydrogens (primary N) is 1. The molecule has 1 amide bonds. The van der Waals surface area contributed by atoms with Crippen molar-refractivity contribution < 1.29 is 9.32 Å². The summed E-state index contributed by atoms with van der Waals surface area (Å²) in [7, 11) is 0. The standard InChI is InChI=1S/C14H12N4O2S/c1-2-9-16-13(20-18-9)11-10(8-6-4-3-5-7-8)17-14(21-11)12(15)19/h3-7H,2H2,1H3,(H2,15,19). The Morgan fingerprint density at radius 2 is 2.05 bits per heavy atom. The first-order chi connectivity index (χ1) is 10.2. The van der Waals surface area contributed by atoms with Crippen molar-refractivity contribution >= 4 is 17.2 Å². The van der Waals surface area contributed by atoms with E-state index in [0.29, 0.717) is 28.7 Å². The van der Waals surface area contributed by atoms with E-state index in [1.165, 1.54) is 0 Å². The summed E-state index contributed by atoms with van der Waals surface area (Å²) in [5.41, 5.74) is 6.82. The number of nitrogens with zero attached hydrogens (tertiary/aromatic N) is 3. The maximum absolute atomic E-state index is 11.4. The van der Waals surface area contributed by atoms with Crippen molar-refractivity contribution in [2.75, 3.05) is 0 Å². The van der Waals surface area contributed by atoms with Gasteiger partial charge in [-0.25, -0.2) is 4.98 Å². The molecule has 0 aliphatic carbocycles. The van der Waals surface area contributed by atoms with Crippen LogP contribution in [0, 0.1) is 0 Å². The van der Waals surface area contributed by atoms with Crippen LogP contribution in [0.1, 0.15) is 22.6 Å². The zero-order chi connectivity index (χ0) is 14.8. The molecule has 2 aromatic heterocycles. The predicted octanol–water partition coefficient (Wildman–Crippen LogP) is 2.52. The zero-order valence-corrected chi connectivity index (χ0v) is 12.1. The molecule has 3 aromatic rings. The van der Waals surface area contributed by atoms with Gasteiger partial charge in [0.15, 0.2) is 10.8 Å². The highest BCUT2D eigenvalue weighted by Crippen LogP contribution is 2.35. The number of hydrogen-bond donors (Lipinski definition) is 1. The first-order valence-corrected chi connectivity index (χ1v) is 7.19. The van der Waals surface area contributed by atoms with Gasteiger partial charge in [-0.05, 0) is 0 Å². The number of amides is 1. The van der Waals surface area contributed by atoms with Crippen molar-refractivity contribution in [1.82, 2.24) is 15.1 Å². The Kier molecular flexibility index (Phi) is 3.49. The minimum Gasteiger partial charge on any atom is -0.364 e. The fourth-order valence-electron chi connectivity index (χ4n) is 1.85. The molecule has 2 heterocycles. The van der Waals surface area contributed by atoms with Gasteiger partial charge in [0.05, 0.1) is 5.69 Å². The number of benzene rings is 1. The molecule has 2 N–H and O–H groups in total. The lowest BCUT2D eigenvalue weighted by Gasteiger charge is -1.97. The second kappa shape index (κ2) is 5.45. The number of thiazole rings is 1. The SMILES string of the molecule is CCc1noc(-c2sc(C(N)=O)nc2-c2ccccc2)n1. The molecule has 106 valence electrons. The van der Waals surface area contributed by atoms with Crippen LogP contribution in [0.5, 0.6) is 0 Å². The molecule has 0 fully saturated rings. The average molecular weight is 300 g/mol. The van der Waals surface area contributed by atoms with Gasteiger partial charge in [-0.1, -0.05) is 42.4 Å². The third kappa shape index (κ3) is 2.55. The van der Waals surface area contributed by atoms with Gasteiger partial charge in [-0.2, -0.15) is 4.98 Å². The summed E-state index contributed by atoms with van der Waals surface area (Å²) in [5.74, 6) is 0.396. The minimum atomic E-state index is -0.571. The summed E-state index contributed by atoms with van der Waals surface area (Å²) in [6.45, 7) is 1.94. The van der Waals surface area contributed by atoms with Gasteiger partial charge >= 0.3 is 0 Å². The van der Waals surface area contributed by atoms with E-state index in [-0.39, 0.29) is 5.01 Å². The number of carbonyl (C=O) groups excluding carboxylic acids is 1. The summed E-state index contributed by atoms with van der Waals surface area (Å²) in [5, 5.41) is 4.10. The Hall–Kier alpha value is -2.54. The molecule has 0 radical (unpaired) electrons. The quantitative estimate of drug-likeness (QED) is 0.798. The second-order valence-electron chi connectivity index (χ2n) is 4.30. The summed E-state index contributed by atoms with van der Waals surface area (Å²) < 4.78 is 5.25. The molecule has 0 atom stereocenters. The van der Waals surface area contributed by atoms with Gasteiger partial charge in [0.1, 0.15) is 4.88 Å². The van der Waals surface area contributed by atoms with Crippen molar-refractivity contribution in [2.45, 2.75) is 13.3 Å². The molecule has 0 spiro atoms. The highest BCUT2D eigenvalue weighted by atomic mass is 32.1. The number of aromatic nitrogens is 3. The fourth-order valence-corrected chi connectivity index (χ4v) is 2.71. The fraction of sp³-hybridized carbons (Fsp3) is 0.143. The second-order valence-corrected chi connectivity index (χ2v) is 5.30. The van der Waals surface area contributed by atoms with Gasteiger partial charge in [0.2, 0.25) is 0 Å². The molecule has 21 heavy (non-hydrogen) atoms. The average Bonchev–Trinajstić information content (AvgIpc) is 3.14. The van der Waals surface area contributed by atoms with Crippen LogP contribution in [0.4, 0.5) is 0 Å². The lowest BCUT2D eigenvalue weighted by molar-refractivity contribution is 0.1000. The van der Waals surface area contributed by atoms with Gasteiger partial charge in [0.25, 0.3) is 11.8 Å². The summed E-state index contributed by atoms with van der Waals surface area (Å²) >= 11 is 1.16. The lowest BCUT2D eigenvalue weighted by atomic mass is 10.1. The summed E-state index contributed by atoms with van der Waals surface area (Å²) in [6.07, 6.45) is 0.672. The van der Waals surface area contributed by atoms with Crippen LogP contribution < -0.4 is 5.73 Å². The van der Waals surface area contributed by atoms with E-state index in [1.54, 1.807) is 0 Å².